The van der Waals surface area contributed by atoms with Crippen molar-refractivity contribution in [2.75, 3.05) is 11.9 Å². The monoisotopic (exact) mass is 264 g/mol. The van der Waals surface area contributed by atoms with Gasteiger partial charge in [-0.1, -0.05) is 23.2 Å². The molecular weight excluding hydrogens is 258 g/mol. The molecule has 0 unspecified atom stereocenters. The summed E-state index contributed by atoms with van der Waals surface area (Å²) in [5.41, 5.74) is -0.0906. The molecule has 0 atom stereocenters. The van der Waals surface area contributed by atoms with Crippen LogP contribution in [0.4, 0.5) is 10.1 Å². The van der Waals surface area contributed by atoms with Gasteiger partial charge in [0, 0.05) is 0 Å². The molecular formula is C9H7Cl2FN2O2. The van der Waals surface area contributed by atoms with Crippen molar-refractivity contribution in [3.05, 3.63) is 28.0 Å². The third kappa shape index (κ3) is 3.08. The molecule has 1 rings (SSSR count). The fourth-order valence-electron chi connectivity index (χ4n) is 0.951. The van der Waals surface area contributed by atoms with Crippen LogP contribution in [0.1, 0.15) is 0 Å². The summed E-state index contributed by atoms with van der Waals surface area (Å²) >= 11 is 11.1. The lowest BCUT2D eigenvalue weighted by molar-refractivity contribution is -0.118. The smallest absolute Gasteiger partial charge is 0.243 e. The molecule has 0 aliphatic carbocycles. The number of hydrogen-bond donors (Lipinski definition) is 2. The van der Waals surface area contributed by atoms with Gasteiger partial charge in [-0.2, -0.15) is 0 Å². The zero-order valence-electron chi connectivity index (χ0n) is 7.89. The fourth-order valence-corrected chi connectivity index (χ4v) is 1.26. The average molecular weight is 265 g/mol. The number of hydrogen-bond acceptors (Lipinski definition) is 2. The summed E-state index contributed by atoms with van der Waals surface area (Å²) in [4.78, 5) is 21.1. The molecule has 0 fully saturated rings. The highest BCUT2D eigenvalue weighted by Crippen LogP contribution is 2.29. The summed E-state index contributed by atoms with van der Waals surface area (Å²) in [7, 11) is 0. The van der Waals surface area contributed by atoms with Crippen LogP contribution >= 0.6 is 23.2 Å². The van der Waals surface area contributed by atoms with Gasteiger partial charge in [-0.15, -0.1) is 0 Å². The molecule has 2 amide bonds. The van der Waals surface area contributed by atoms with Crippen molar-refractivity contribution in [3.63, 3.8) is 0 Å². The Morgan fingerprint density at radius 2 is 2.12 bits per heavy atom. The number of carbonyl (C=O) groups is 2. The molecule has 2 N–H and O–H groups in total. The van der Waals surface area contributed by atoms with E-state index in [1.54, 1.807) is 0 Å². The van der Waals surface area contributed by atoms with E-state index < -0.39 is 11.7 Å². The molecule has 0 spiro atoms. The van der Waals surface area contributed by atoms with Crippen molar-refractivity contribution in [1.29, 1.82) is 0 Å². The Balaban J connectivity index is 2.78. The van der Waals surface area contributed by atoms with E-state index in [0.717, 1.165) is 0 Å². The first-order valence-corrected chi connectivity index (χ1v) is 4.92. The van der Waals surface area contributed by atoms with Crippen LogP contribution in [0.2, 0.25) is 10.0 Å². The van der Waals surface area contributed by atoms with E-state index in [9.17, 15) is 14.0 Å². The highest BCUT2D eigenvalue weighted by Gasteiger charge is 2.12. The first kappa shape index (κ1) is 12.7. The topological polar surface area (TPSA) is 58.2 Å². The first-order valence-electron chi connectivity index (χ1n) is 4.16. The van der Waals surface area contributed by atoms with Crippen LogP contribution in [0.3, 0.4) is 0 Å². The Labute approximate surface area is 101 Å². The minimum Gasteiger partial charge on any atom is -0.350 e. The second kappa shape index (κ2) is 5.67. The zero-order chi connectivity index (χ0) is 12.1. The van der Waals surface area contributed by atoms with E-state index in [1.807, 2.05) is 0 Å². The lowest BCUT2D eigenvalue weighted by Gasteiger charge is -2.07. The van der Waals surface area contributed by atoms with E-state index in [0.29, 0.717) is 6.41 Å². The van der Waals surface area contributed by atoms with Crippen molar-refractivity contribution < 1.29 is 14.0 Å². The number of benzene rings is 1. The molecule has 1 aromatic rings. The van der Waals surface area contributed by atoms with Crippen molar-refractivity contribution >= 4 is 41.2 Å². The predicted octanol–water partition coefficient (Wildman–Crippen LogP) is 1.82. The van der Waals surface area contributed by atoms with Crippen LogP contribution < -0.4 is 10.6 Å². The third-order valence-electron chi connectivity index (χ3n) is 1.66. The maximum Gasteiger partial charge on any atom is 0.243 e. The second-order valence-electron chi connectivity index (χ2n) is 2.77. The van der Waals surface area contributed by atoms with Crippen molar-refractivity contribution in [2.45, 2.75) is 0 Å². The van der Waals surface area contributed by atoms with Crippen LogP contribution in [0.5, 0.6) is 0 Å². The Morgan fingerprint density at radius 1 is 1.44 bits per heavy atom. The fraction of sp³-hybridized carbons (Fsp3) is 0.111. The van der Waals surface area contributed by atoms with Gasteiger partial charge in [0.1, 0.15) is 0 Å². The van der Waals surface area contributed by atoms with Gasteiger partial charge in [0.05, 0.1) is 22.3 Å². The van der Waals surface area contributed by atoms with Crippen LogP contribution in [0, 0.1) is 5.82 Å². The molecule has 0 aromatic heterocycles. The lowest BCUT2D eigenvalue weighted by Crippen LogP contribution is -2.27. The van der Waals surface area contributed by atoms with Gasteiger partial charge in [0.2, 0.25) is 12.3 Å². The van der Waals surface area contributed by atoms with Crippen molar-refractivity contribution in [1.82, 2.24) is 5.32 Å². The number of rotatable bonds is 4. The summed E-state index contributed by atoms with van der Waals surface area (Å²) in [6.45, 7) is -0.247. The number of nitrogens with one attached hydrogen (secondary N) is 2. The largest absolute Gasteiger partial charge is 0.350 e. The molecule has 86 valence electrons. The Bertz CT molecular complexity index is 426. The predicted molar refractivity (Wildman–Crippen MR) is 59.1 cm³/mol. The molecule has 0 aliphatic rings. The molecule has 0 aliphatic heterocycles. The van der Waals surface area contributed by atoms with Gasteiger partial charge in [0.25, 0.3) is 0 Å². The van der Waals surface area contributed by atoms with Crippen LogP contribution in [0.15, 0.2) is 12.1 Å². The molecule has 0 saturated carbocycles. The molecule has 4 nitrogen and oxygen atoms in total. The molecule has 7 heteroatoms. The zero-order valence-corrected chi connectivity index (χ0v) is 9.40. The summed E-state index contributed by atoms with van der Waals surface area (Å²) in [6, 6.07) is 2.64. The third-order valence-corrected chi connectivity index (χ3v) is 2.44. The molecule has 16 heavy (non-hydrogen) atoms. The Hall–Kier alpha value is -1.33. The summed E-state index contributed by atoms with van der Waals surface area (Å²) in [5.74, 6) is -1.38. The number of halogens is 3. The molecule has 1 aromatic carbocycles. The highest BCUT2D eigenvalue weighted by molar-refractivity contribution is 6.42. The first-order chi connectivity index (χ1) is 7.56. The lowest BCUT2D eigenvalue weighted by atomic mass is 10.3. The summed E-state index contributed by atoms with van der Waals surface area (Å²) < 4.78 is 13.4. The van der Waals surface area contributed by atoms with E-state index in [1.165, 1.54) is 12.1 Å². The highest BCUT2D eigenvalue weighted by atomic mass is 35.5. The van der Waals surface area contributed by atoms with Gasteiger partial charge in [-0.25, -0.2) is 4.39 Å². The summed E-state index contributed by atoms with van der Waals surface area (Å²) in [5, 5.41) is 4.17. The van der Waals surface area contributed by atoms with E-state index in [2.05, 4.69) is 10.6 Å². The average Bonchev–Trinajstić information content (AvgIpc) is 2.27. The molecule has 0 bridgehead atoms. The van der Waals surface area contributed by atoms with Gasteiger partial charge in [-0.05, 0) is 12.1 Å². The van der Waals surface area contributed by atoms with Crippen LogP contribution in [-0.2, 0) is 9.59 Å². The number of carbonyl (C=O) groups excluding carboxylic acids is 2. The molecule has 0 heterocycles. The number of anilines is 1. The second-order valence-corrected chi connectivity index (χ2v) is 3.56. The quantitative estimate of drug-likeness (QED) is 0.644. The van der Waals surface area contributed by atoms with Crippen LogP contribution in [-0.4, -0.2) is 18.9 Å². The minimum atomic E-state index is -0.811. The Kier molecular flexibility index (Phi) is 4.52. The van der Waals surface area contributed by atoms with Gasteiger partial charge in [0.15, 0.2) is 5.82 Å². The van der Waals surface area contributed by atoms with Crippen molar-refractivity contribution in [2.24, 2.45) is 0 Å². The maximum atomic E-state index is 13.4. The number of amides is 2. The Morgan fingerprint density at radius 3 is 2.75 bits per heavy atom. The maximum absolute atomic E-state index is 13.4. The molecule has 0 saturated heterocycles. The minimum absolute atomic E-state index is 0.0585. The van der Waals surface area contributed by atoms with Gasteiger partial charge >= 0.3 is 0 Å². The van der Waals surface area contributed by atoms with E-state index in [-0.39, 0.29) is 22.3 Å². The summed E-state index contributed by atoms with van der Waals surface area (Å²) in [6.07, 6.45) is 0.366. The van der Waals surface area contributed by atoms with Crippen molar-refractivity contribution in [3.8, 4) is 0 Å². The SMILES string of the molecule is O=CNCC(=O)Nc1ccc(Cl)c(Cl)c1F. The van der Waals surface area contributed by atoms with Gasteiger partial charge in [-0.3, -0.25) is 9.59 Å². The van der Waals surface area contributed by atoms with E-state index >= 15 is 0 Å². The normalized spacial score (nSPS) is 9.69. The molecule has 0 radical (unpaired) electrons. The van der Waals surface area contributed by atoms with Crippen LogP contribution in [0.25, 0.3) is 0 Å². The van der Waals surface area contributed by atoms with Gasteiger partial charge < -0.3 is 10.6 Å². The standard InChI is InChI=1S/C9H7Cl2FN2O2/c10-5-1-2-6(9(12)8(5)11)14-7(16)3-13-4-15/h1-2,4H,3H2,(H,13,15)(H,14,16). The van der Waals surface area contributed by atoms with E-state index in [4.69, 9.17) is 23.2 Å².